The lowest BCUT2D eigenvalue weighted by molar-refractivity contribution is -0.137. The molecule has 0 radical (unpaired) electrons. The monoisotopic (exact) mass is 496 g/mol. The van der Waals surface area contributed by atoms with Crippen LogP contribution in [0.1, 0.15) is 18.4 Å². The summed E-state index contributed by atoms with van der Waals surface area (Å²) >= 11 is 0. The minimum atomic E-state index is -3.73. The molecule has 0 aliphatic carbocycles. The summed E-state index contributed by atoms with van der Waals surface area (Å²) in [5.41, 5.74) is 0.734. The molecule has 4 rings (SSSR count). The fourth-order valence-electron chi connectivity index (χ4n) is 3.63. The van der Waals surface area contributed by atoms with Gasteiger partial charge in [0.25, 0.3) is 0 Å². The van der Waals surface area contributed by atoms with Crippen LogP contribution >= 0.6 is 0 Å². The molecule has 35 heavy (non-hydrogen) atoms. The van der Waals surface area contributed by atoms with Crippen molar-refractivity contribution in [2.45, 2.75) is 18.4 Å². The number of hydrogen-bond donors (Lipinski definition) is 1. The zero-order valence-corrected chi connectivity index (χ0v) is 19.6. The molecule has 8 nitrogen and oxygen atoms in total. The number of ether oxygens (including phenoxy) is 1. The number of allylic oxidation sites excluding steroid dienone is 2. The van der Waals surface area contributed by atoms with Gasteiger partial charge in [0, 0.05) is 17.5 Å². The minimum Gasteiger partial charge on any atom is -0.465 e. The van der Waals surface area contributed by atoms with Crippen LogP contribution in [0.3, 0.4) is 0 Å². The number of ketones is 1. The summed E-state index contributed by atoms with van der Waals surface area (Å²) in [7, 11) is -2.56. The molecule has 1 aromatic heterocycles. The normalized spacial score (nSPS) is 15.2. The summed E-state index contributed by atoms with van der Waals surface area (Å²) in [4.78, 5) is 27.0. The highest BCUT2D eigenvalue weighted by molar-refractivity contribution is 7.89. The summed E-state index contributed by atoms with van der Waals surface area (Å²) in [5.74, 6) is -1.26. The van der Waals surface area contributed by atoms with Gasteiger partial charge in [-0.15, -0.1) is 0 Å². The Kier molecular flexibility index (Phi) is 6.68. The third kappa shape index (κ3) is 4.93. The standard InChI is InChI=1S/C25H21FN2O6S/c1-16-23(25(30)33-2)24(29)22(28(16)18-10-8-17(26)9-11-18)14-19-12-13-20(34-19)15-27-35(31,32)21-6-4-3-5-7-21/h3-14,27H,15H2,1-2H3/b22-14-. The van der Waals surface area contributed by atoms with Crippen LogP contribution in [0.25, 0.3) is 6.08 Å². The molecule has 1 N–H and O–H groups in total. The van der Waals surface area contributed by atoms with Crippen molar-refractivity contribution in [1.29, 1.82) is 0 Å². The summed E-state index contributed by atoms with van der Waals surface area (Å²) in [6, 6.07) is 16.5. The first-order valence-electron chi connectivity index (χ1n) is 10.5. The maximum atomic E-state index is 13.5. The van der Waals surface area contributed by atoms with E-state index in [1.807, 2.05) is 0 Å². The number of carbonyl (C=O) groups is 2. The number of nitrogens with zero attached hydrogens (tertiary/aromatic N) is 1. The van der Waals surface area contributed by atoms with Gasteiger partial charge in [-0.2, -0.15) is 0 Å². The zero-order chi connectivity index (χ0) is 25.2. The zero-order valence-electron chi connectivity index (χ0n) is 18.8. The van der Waals surface area contributed by atoms with E-state index in [0.29, 0.717) is 17.1 Å². The number of carbonyl (C=O) groups excluding carboxylic acids is 2. The number of esters is 1. The van der Waals surface area contributed by atoms with E-state index in [4.69, 9.17) is 9.15 Å². The molecule has 0 saturated carbocycles. The quantitative estimate of drug-likeness (QED) is 0.302. The number of rotatable bonds is 7. The van der Waals surface area contributed by atoms with E-state index in [0.717, 1.165) is 0 Å². The van der Waals surface area contributed by atoms with Gasteiger partial charge < -0.3 is 14.1 Å². The second-order valence-corrected chi connectivity index (χ2v) is 9.33. The Hall–Kier alpha value is -4.02. The molecule has 10 heteroatoms. The topological polar surface area (TPSA) is 106 Å². The van der Waals surface area contributed by atoms with Gasteiger partial charge in [0.15, 0.2) is 0 Å². The first-order valence-corrected chi connectivity index (χ1v) is 11.9. The number of sulfonamides is 1. The number of nitrogens with one attached hydrogen (secondary N) is 1. The maximum Gasteiger partial charge on any atom is 0.343 e. The van der Waals surface area contributed by atoms with Crippen molar-refractivity contribution in [3.8, 4) is 0 Å². The molecule has 180 valence electrons. The number of anilines is 1. The van der Waals surface area contributed by atoms with E-state index in [9.17, 15) is 22.4 Å². The largest absolute Gasteiger partial charge is 0.465 e. The van der Waals surface area contributed by atoms with Gasteiger partial charge in [0.05, 0.1) is 24.2 Å². The van der Waals surface area contributed by atoms with Gasteiger partial charge in [-0.25, -0.2) is 22.3 Å². The molecule has 0 unspecified atom stereocenters. The summed E-state index contributed by atoms with van der Waals surface area (Å²) < 4.78 is 51.3. The van der Waals surface area contributed by atoms with Crippen LogP contribution in [-0.2, 0) is 30.9 Å². The Morgan fingerprint density at radius 2 is 1.77 bits per heavy atom. The SMILES string of the molecule is COC(=O)C1=C(C)N(c2ccc(F)cc2)/C(=C\c2ccc(CNS(=O)(=O)c3ccccc3)o2)C1=O. The average molecular weight is 497 g/mol. The third-order valence-electron chi connectivity index (χ3n) is 5.32. The molecule has 1 aliphatic rings. The Morgan fingerprint density at radius 1 is 1.09 bits per heavy atom. The molecule has 2 aromatic carbocycles. The molecule has 0 spiro atoms. The second kappa shape index (κ2) is 9.69. The average Bonchev–Trinajstić information content (AvgIpc) is 3.40. The first-order chi connectivity index (χ1) is 16.7. The molecular weight excluding hydrogens is 475 g/mol. The predicted octanol–water partition coefficient (Wildman–Crippen LogP) is 3.77. The van der Waals surface area contributed by atoms with Crippen molar-refractivity contribution < 1.29 is 31.6 Å². The lowest BCUT2D eigenvalue weighted by Crippen LogP contribution is -2.22. The van der Waals surface area contributed by atoms with Gasteiger partial charge in [0.1, 0.15) is 22.9 Å². The van der Waals surface area contributed by atoms with Crippen molar-refractivity contribution in [3.05, 3.63) is 101 Å². The van der Waals surface area contributed by atoms with Crippen molar-refractivity contribution in [2.24, 2.45) is 0 Å². The highest BCUT2D eigenvalue weighted by atomic mass is 32.2. The van der Waals surface area contributed by atoms with Crippen LogP contribution in [0.4, 0.5) is 10.1 Å². The lowest BCUT2D eigenvalue weighted by atomic mass is 10.1. The van der Waals surface area contributed by atoms with Crippen LogP contribution in [-0.4, -0.2) is 27.3 Å². The van der Waals surface area contributed by atoms with Crippen molar-refractivity contribution in [2.75, 3.05) is 12.0 Å². The van der Waals surface area contributed by atoms with Crippen LogP contribution in [0.2, 0.25) is 0 Å². The van der Waals surface area contributed by atoms with E-state index in [2.05, 4.69) is 4.72 Å². The summed E-state index contributed by atoms with van der Waals surface area (Å²) in [6.45, 7) is 1.47. The van der Waals surface area contributed by atoms with Crippen LogP contribution in [0, 0.1) is 5.82 Å². The highest BCUT2D eigenvalue weighted by Crippen LogP contribution is 2.35. The fraction of sp³-hybridized carbons (Fsp3) is 0.120. The van der Waals surface area contributed by atoms with Crippen LogP contribution in [0.5, 0.6) is 0 Å². The molecule has 0 atom stereocenters. The number of furan rings is 1. The Morgan fingerprint density at radius 3 is 2.43 bits per heavy atom. The van der Waals surface area contributed by atoms with Crippen LogP contribution < -0.4 is 9.62 Å². The smallest absolute Gasteiger partial charge is 0.343 e. The van der Waals surface area contributed by atoms with E-state index in [1.165, 1.54) is 54.5 Å². The fourth-order valence-corrected chi connectivity index (χ4v) is 4.65. The molecule has 0 fully saturated rings. The van der Waals surface area contributed by atoms with E-state index < -0.39 is 27.6 Å². The van der Waals surface area contributed by atoms with Crippen LogP contribution in [0.15, 0.2) is 93.0 Å². The van der Waals surface area contributed by atoms with E-state index in [1.54, 1.807) is 37.3 Å². The number of methoxy groups -OCH3 is 1. The van der Waals surface area contributed by atoms with Crippen molar-refractivity contribution in [1.82, 2.24) is 4.72 Å². The lowest BCUT2D eigenvalue weighted by Gasteiger charge is -2.21. The van der Waals surface area contributed by atoms with Gasteiger partial charge in [0.2, 0.25) is 15.8 Å². The second-order valence-electron chi connectivity index (χ2n) is 7.56. The number of Topliss-reactive ketones (excluding diaryl/α,β-unsaturated/α-hetero) is 1. The molecule has 0 amide bonds. The molecule has 3 aromatic rings. The first kappa shape index (κ1) is 24.1. The minimum absolute atomic E-state index is 0.0975. The molecule has 0 bridgehead atoms. The Balaban J connectivity index is 1.62. The van der Waals surface area contributed by atoms with Gasteiger partial charge in [-0.05, 0) is 55.5 Å². The molecule has 0 saturated heterocycles. The molecular formula is C25H21FN2O6S. The van der Waals surface area contributed by atoms with E-state index >= 15 is 0 Å². The molecule has 2 heterocycles. The number of hydrogen-bond acceptors (Lipinski definition) is 7. The highest BCUT2D eigenvalue weighted by Gasteiger charge is 2.38. The van der Waals surface area contributed by atoms with Gasteiger partial charge in [-0.1, -0.05) is 18.2 Å². The summed E-state index contributed by atoms with van der Waals surface area (Å²) in [6.07, 6.45) is 1.43. The van der Waals surface area contributed by atoms with Gasteiger partial charge in [-0.3, -0.25) is 4.79 Å². The van der Waals surface area contributed by atoms with Crippen molar-refractivity contribution in [3.63, 3.8) is 0 Å². The third-order valence-corrected chi connectivity index (χ3v) is 6.74. The number of halogens is 1. The van der Waals surface area contributed by atoms with E-state index in [-0.39, 0.29) is 28.5 Å². The Bertz CT molecular complexity index is 1440. The summed E-state index contributed by atoms with van der Waals surface area (Å²) in [5, 5.41) is 0. The number of benzene rings is 2. The Labute approximate surface area is 201 Å². The van der Waals surface area contributed by atoms with Gasteiger partial charge >= 0.3 is 5.97 Å². The molecule has 1 aliphatic heterocycles. The maximum absolute atomic E-state index is 13.5. The predicted molar refractivity (Wildman–Crippen MR) is 126 cm³/mol. The van der Waals surface area contributed by atoms with Crippen molar-refractivity contribution >= 4 is 33.5 Å².